The maximum atomic E-state index is 12.2. The van der Waals surface area contributed by atoms with Crippen LogP contribution in [0.3, 0.4) is 0 Å². The van der Waals surface area contributed by atoms with Gasteiger partial charge in [-0.05, 0) is 56.1 Å². The van der Waals surface area contributed by atoms with Crippen molar-refractivity contribution in [2.45, 2.75) is 56.0 Å². The maximum absolute atomic E-state index is 12.2. The Hall–Kier alpha value is -1.73. The molecule has 1 saturated carbocycles. The highest BCUT2D eigenvalue weighted by Crippen LogP contribution is 2.28. The largest absolute Gasteiger partial charge is 0.368 e. The van der Waals surface area contributed by atoms with E-state index >= 15 is 0 Å². The van der Waals surface area contributed by atoms with Crippen LogP contribution in [0.2, 0.25) is 0 Å². The second kappa shape index (κ2) is 9.99. The van der Waals surface area contributed by atoms with Gasteiger partial charge in [0.05, 0.1) is 0 Å². The van der Waals surface area contributed by atoms with Gasteiger partial charge in [0, 0.05) is 37.2 Å². The van der Waals surface area contributed by atoms with E-state index in [0.29, 0.717) is 19.2 Å². The van der Waals surface area contributed by atoms with Gasteiger partial charge in [-0.2, -0.15) is 11.8 Å². The number of carbonyl (C=O) groups is 1. The molecule has 3 rings (SSSR count). The van der Waals surface area contributed by atoms with Gasteiger partial charge in [-0.15, -0.1) is 0 Å². The van der Waals surface area contributed by atoms with Gasteiger partial charge in [0.2, 0.25) is 0 Å². The number of hydrogen-bond acceptors (Lipinski definition) is 4. The molecule has 1 heterocycles. The molecule has 1 aliphatic heterocycles. The Kier molecular flexibility index (Phi) is 7.41. The molecule has 0 radical (unpaired) electrons. The van der Waals surface area contributed by atoms with Gasteiger partial charge >= 0.3 is 0 Å². The molecule has 1 aromatic carbocycles. The summed E-state index contributed by atoms with van der Waals surface area (Å²) in [6, 6.07) is 8.39. The van der Waals surface area contributed by atoms with Crippen molar-refractivity contribution in [2.24, 2.45) is 4.99 Å². The number of hydrogen-bond donors (Lipinski definition) is 3. The number of benzene rings is 1. The number of nitrogens with zero attached hydrogens (tertiary/aromatic N) is 1. The van der Waals surface area contributed by atoms with E-state index in [-0.39, 0.29) is 12.0 Å². The van der Waals surface area contributed by atoms with Gasteiger partial charge in [0.15, 0.2) is 5.96 Å². The van der Waals surface area contributed by atoms with E-state index in [1.807, 2.05) is 36.0 Å². The Morgan fingerprint density at radius 2 is 2.22 bits per heavy atom. The van der Waals surface area contributed by atoms with Crippen molar-refractivity contribution >= 4 is 29.3 Å². The van der Waals surface area contributed by atoms with Crippen LogP contribution in [0.5, 0.6) is 0 Å². The Morgan fingerprint density at radius 3 is 2.93 bits per heavy atom. The van der Waals surface area contributed by atoms with Crippen molar-refractivity contribution in [2.75, 3.05) is 25.2 Å². The third-order valence-corrected chi connectivity index (χ3v) is 6.25. The molecule has 2 fully saturated rings. The van der Waals surface area contributed by atoms with E-state index in [0.717, 1.165) is 35.3 Å². The van der Waals surface area contributed by atoms with Crippen molar-refractivity contribution in [3.8, 4) is 0 Å². The van der Waals surface area contributed by atoms with Crippen molar-refractivity contribution in [1.82, 2.24) is 10.6 Å². The van der Waals surface area contributed by atoms with Crippen LogP contribution in [0, 0.1) is 0 Å². The minimum Gasteiger partial charge on any atom is -0.368 e. The maximum Gasteiger partial charge on any atom is 0.253 e. The molecule has 1 saturated heterocycles. The Morgan fingerprint density at radius 1 is 1.33 bits per heavy atom. The molecular weight excluding hydrogens is 360 g/mol. The van der Waals surface area contributed by atoms with Gasteiger partial charge in [-0.25, -0.2) is 0 Å². The molecule has 3 atom stereocenters. The summed E-state index contributed by atoms with van der Waals surface area (Å²) in [5, 5.41) is 10.6. The van der Waals surface area contributed by atoms with E-state index in [1.165, 1.54) is 19.3 Å². The van der Waals surface area contributed by atoms with E-state index in [9.17, 15) is 4.79 Å². The summed E-state index contributed by atoms with van der Waals surface area (Å²) >= 11 is 1.95. The molecule has 3 N–H and O–H groups in total. The average molecular weight is 391 g/mol. The standard InChI is InChI=1S/C20H30N4O2S/c1-21-20(24-16-8-9-17(12-16)27-2)22-13-14-5-3-6-15(11-14)23-19(25)18-7-4-10-26-18/h3,5-6,11,16-18H,4,7-10,12-13H2,1-2H3,(H,23,25)(H2,21,22,24). The topological polar surface area (TPSA) is 74.8 Å². The van der Waals surface area contributed by atoms with E-state index in [1.54, 1.807) is 7.05 Å². The highest BCUT2D eigenvalue weighted by molar-refractivity contribution is 7.99. The van der Waals surface area contributed by atoms with Crippen LogP contribution in [-0.2, 0) is 16.1 Å². The molecule has 2 aliphatic rings. The zero-order valence-electron chi connectivity index (χ0n) is 16.2. The minimum atomic E-state index is -0.314. The molecular formula is C20H30N4O2S. The summed E-state index contributed by atoms with van der Waals surface area (Å²) in [5.41, 5.74) is 1.90. The van der Waals surface area contributed by atoms with Gasteiger partial charge in [0.1, 0.15) is 6.10 Å². The number of ether oxygens (including phenoxy) is 1. The normalized spacial score (nSPS) is 25.4. The Labute approximate surface area is 165 Å². The van der Waals surface area contributed by atoms with Crippen LogP contribution >= 0.6 is 11.8 Å². The third kappa shape index (κ3) is 5.87. The zero-order chi connectivity index (χ0) is 19.1. The third-order valence-electron chi connectivity index (χ3n) is 5.16. The van der Waals surface area contributed by atoms with Crippen LogP contribution in [0.15, 0.2) is 29.3 Å². The summed E-state index contributed by atoms with van der Waals surface area (Å²) in [7, 11) is 1.80. The number of aliphatic imine (C=N–C) groups is 1. The van der Waals surface area contributed by atoms with Crippen LogP contribution in [-0.4, -0.2) is 49.2 Å². The first-order chi connectivity index (χ1) is 13.2. The molecule has 7 heteroatoms. The first-order valence-electron chi connectivity index (χ1n) is 9.69. The lowest BCUT2D eigenvalue weighted by Crippen LogP contribution is -2.42. The highest BCUT2D eigenvalue weighted by atomic mass is 32.2. The lowest BCUT2D eigenvalue weighted by molar-refractivity contribution is -0.124. The van der Waals surface area contributed by atoms with Crippen molar-refractivity contribution in [3.05, 3.63) is 29.8 Å². The number of thioether (sulfide) groups is 1. The van der Waals surface area contributed by atoms with Gasteiger partial charge in [-0.1, -0.05) is 12.1 Å². The smallest absolute Gasteiger partial charge is 0.253 e. The number of carbonyl (C=O) groups excluding carboxylic acids is 1. The van der Waals surface area contributed by atoms with Crippen LogP contribution < -0.4 is 16.0 Å². The average Bonchev–Trinajstić information content (AvgIpc) is 3.37. The molecule has 6 nitrogen and oxygen atoms in total. The highest BCUT2D eigenvalue weighted by Gasteiger charge is 2.25. The lowest BCUT2D eigenvalue weighted by atomic mass is 10.2. The minimum absolute atomic E-state index is 0.0559. The monoisotopic (exact) mass is 390 g/mol. The molecule has 0 spiro atoms. The van der Waals surface area contributed by atoms with Crippen molar-refractivity contribution < 1.29 is 9.53 Å². The zero-order valence-corrected chi connectivity index (χ0v) is 17.0. The molecule has 1 aromatic rings. The fraction of sp³-hybridized carbons (Fsp3) is 0.600. The molecule has 27 heavy (non-hydrogen) atoms. The first kappa shape index (κ1) is 20.0. The van der Waals surface area contributed by atoms with Crippen molar-refractivity contribution in [3.63, 3.8) is 0 Å². The number of nitrogens with one attached hydrogen (secondary N) is 3. The van der Waals surface area contributed by atoms with Crippen LogP contribution in [0.25, 0.3) is 0 Å². The fourth-order valence-corrected chi connectivity index (χ4v) is 4.42. The van der Waals surface area contributed by atoms with E-state index < -0.39 is 0 Å². The predicted molar refractivity (Wildman–Crippen MR) is 112 cm³/mol. The summed E-state index contributed by atoms with van der Waals surface area (Å²) in [6.07, 6.45) is 7.27. The van der Waals surface area contributed by atoms with Gasteiger partial charge < -0.3 is 20.7 Å². The summed E-state index contributed by atoms with van der Waals surface area (Å²) in [6.45, 7) is 1.33. The number of rotatable bonds is 6. The summed E-state index contributed by atoms with van der Waals surface area (Å²) < 4.78 is 5.44. The molecule has 148 valence electrons. The number of amides is 1. The molecule has 1 amide bonds. The second-order valence-corrected chi connectivity index (χ2v) is 8.27. The van der Waals surface area contributed by atoms with Gasteiger partial charge in [0.25, 0.3) is 5.91 Å². The Balaban J connectivity index is 1.49. The lowest BCUT2D eigenvalue weighted by Gasteiger charge is -2.17. The van der Waals surface area contributed by atoms with Gasteiger partial charge in [-0.3, -0.25) is 9.79 Å². The number of guanidine groups is 1. The number of anilines is 1. The Bertz CT molecular complexity index is 661. The fourth-order valence-electron chi connectivity index (χ4n) is 3.63. The molecule has 0 bridgehead atoms. The summed E-state index contributed by atoms with van der Waals surface area (Å²) in [5.74, 6) is 0.773. The quantitative estimate of drug-likeness (QED) is 0.514. The molecule has 0 aromatic heterocycles. The predicted octanol–water partition coefficient (Wildman–Crippen LogP) is 2.75. The molecule has 1 aliphatic carbocycles. The van der Waals surface area contributed by atoms with Crippen molar-refractivity contribution in [1.29, 1.82) is 0 Å². The van der Waals surface area contributed by atoms with E-state index in [4.69, 9.17) is 4.74 Å². The first-order valence-corrected chi connectivity index (χ1v) is 11.0. The van der Waals surface area contributed by atoms with Crippen LogP contribution in [0.4, 0.5) is 5.69 Å². The van der Waals surface area contributed by atoms with Crippen LogP contribution in [0.1, 0.15) is 37.7 Å². The summed E-state index contributed by atoms with van der Waals surface area (Å²) in [4.78, 5) is 16.5. The van der Waals surface area contributed by atoms with E-state index in [2.05, 4.69) is 27.2 Å². The SMILES string of the molecule is CN=C(NCc1cccc(NC(=O)C2CCCO2)c1)NC1CCC(SC)C1. The molecule has 3 unspecified atom stereocenters. The second-order valence-electron chi connectivity index (χ2n) is 7.13.